The maximum Gasteiger partial charge on any atom is 0.337 e. The second kappa shape index (κ2) is 22.5. The van der Waals surface area contributed by atoms with Gasteiger partial charge in [-0.3, -0.25) is 24.5 Å². The molecule has 11 heteroatoms. The number of esters is 1. The lowest BCUT2D eigenvalue weighted by molar-refractivity contribution is -0.384. The van der Waals surface area contributed by atoms with E-state index in [4.69, 9.17) is 4.74 Å². The summed E-state index contributed by atoms with van der Waals surface area (Å²) >= 11 is 0. The van der Waals surface area contributed by atoms with Crippen LogP contribution in [0.2, 0.25) is 0 Å². The third-order valence-electron chi connectivity index (χ3n) is 9.72. The predicted molar refractivity (Wildman–Crippen MR) is 222 cm³/mol. The van der Waals surface area contributed by atoms with E-state index in [0.717, 1.165) is 64.2 Å². The first-order valence-corrected chi connectivity index (χ1v) is 19.7. The topological polar surface area (TPSA) is 139 Å². The number of benzene rings is 4. The molecule has 4 aromatic carbocycles. The third kappa shape index (κ3) is 12.6. The van der Waals surface area contributed by atoms with Gasteiger partial charge in [0.25, 0.3) is 23.4 Å². The molecule has 0 heterocycles. The quantitative estimate of drug-likeness (QED) is 0.0364. The summed E-state index contributed by atoms with van der Waals surface area (Å²) in [4.78, 5) is 66.8. The van der Waals surface area contributed by atoms with Crippen molar-refractivity contribution in [3.63, 3.8) is 0 Å². The second-order valence-electron chi connectivity index (χ2n) is 13.9. The van der Waals surface area contributed by atoms with Gasteiger partial charge in [0.05, 0.1) is 17.6 Å². The fourth-order valence-electron chi connectivity index (χ4n) is 6.42. The fourth-order valence-corrected chi connectivity index (χ4v) is 6.42. The van der Waals surface area contributed by atoms with Crippen molar-refractivity contribution in [1.29, 1.82) is 0 Å². The van der Waals surface area contributed by atoms with E-state index in [2.05, 4.69) is 19.2 Å². The van der Waals surface area contributed by atoms with Gasteiger partial charge in [-0.15, -0.1) is 0 Å². The summed E-state index contributed by atoms with van der Waals surface area (Å²) in [5.41, 5.74) is 3.30. The average molecular weight is 763 g/mol. The number of amides is 3. The molecule has 56 heavy (non-hydrogen) atoms. The van der Waals surface area contributed by atoms with Crippen LogP contribution in [0.25, 0.3) is 0 Å². The lowest BCUT2D eigenvalue weighted by Crippen LogP contribution is -2.32. The van der Waals surface area contributed by atoms with E-state index in [1.807, 2.05) is 0 Å². The van der Waals surface area contributed by atoms with E-state index in [1.165, 1.54) is 44.2 Å². The monoisotopic (exact) mass is 762 g/mol. The number of carbonyl (C=O) groups is 4. The van der Waals surface area contributed by atoms with Crippen LogP contribution in [0.4, 0.5) is 22.7 Å². The Morgan fingerprint density at radius 3 is 1.38 bits per heavy atom. The summed E-state index contributed by atoms with van der Waals surface area (Å²) in [6.07, 6.45) is 12.8. The maximum atomic E-state index is 13.8. The first kappa shape index (κ1) is 42.9. The number of carbonyl (C=O) groups excluding carboxylic acids is 4. The lowest BCUT2D eigenvalue weighted by Gasteiger charge is -2.23. The zero-order valence-corrected chi connectivity index (χ0v) is 32.8. The van der Waals surface area contributed by atoms with Crippen LogP contribution in [-0.2, 0) is 4.74 Å². The summed E-state index contributed by atoms with van der Waals surface area (Å²) in [7, 11) is 1.33. The van der Waals surface area contributed by atoms with Crippen LogP contribution >= 0.6 is 0 Å². The molecule has 0 unspecified atom stereocenters. The number of methoxy groups -OCH3 is 1. The van der Waals surface area contributed by atoms with Crippen LogP contribution in [0.5, 0.6) is 0 Å². The Kier molecular flexibility index (Phi) is 17.2. The van der Waals surface area contributed by atoms with Gasteiger partial charge in [0.15, 0.2) is 0 Å². The number of anilines is 3. The molecular weight excluding hydrogens is 709 g/mol. The molecule has 0 radical (unpaired) electrons. The Labute approximate surface area is 330 Å². The van der Waals surface area contributed by atoms with Gasteiger partial charge in [-0.25, -0.2) is 4.79 Å². The Bertz CT molecular complexity index is 1880. The van der Waals surface area contributed by atoms with Crippen molar-refractivity contribution >= 4 is 46.4 Å². The summed E-state index contributed by atoms with van der Waals surface area (Å²) in [5, 5.41) is 14.0. The van der Waals surface area contributed by atoms with Gasteiger partial charge in [0.2, 0.25) is 0 Å². The van der Waals surface area contributed by atoms with E-state index in [-0.39, 0.29) is 23.4 Å². The molecule has 0 aromatic heterocycles. The van der Waals surface area contributed by atoms with Gasteiger partial charge in [-0.05, 0) is 97.8 Å². The largest absolute Gasteiger partial charge is 0.465 e. The molecule has 1 N–H and O–H groups in total. The highest BCUT2D eigenvalue weighted by Crippen LogP contribution is 2.24. The number of nitrogens with one attached hydrogen (secondary N) is 1. The van der Waals surface area contributed by atoms with Crippen molar-refractivity contribution in [1.82, 2.24) is 0 Å². The van der Waals surface area contributed by atoms with E-state index < -0.39 is 10.9 Å². The smallest absolute Gasteiger partial charge is 0.337 e. The number of hydrogen-bond donors (Lipinski definition) is 1. The van der Waals surface area contributed by atoms with Gasteiger partial charge in [-0.2, -0.15) is 0 Å². The molecule has 0 spiro atoms. The summed E-state index contributed by atoms with van der Waals surface area (Å²) < 4.78 is 4.82. The summed E-state index contributed by atoms with van der Waals surface area (Å²) in [6.45, 7) is 5.33. The van der Waals surface area contributed by atoms with Crippen molar-refractivity contribution in [3.8, 4) is 0 Å². The van der Waals surface area contributed by atoms with E-state index in [9.17, 15) is 29.3 Å². The molecule has 11 nitrogen and oxygen atoms in total. The minimum absolute atomic E-state index is 0.0880. The van der Waals surface area contributed by atoms with Crippen molar-refractivity contribution in [2.24, 2.45) is 0 Å². The highest BCUT2D eigenvalue weighted by atomic mass is 16.6. The molecule has 4 rings (SSSR count). The summed E-state index contributed by atoms with van der Waals surface area (Å²) in [5.74, 6) is -1.26. The molecule has 0 saturated heterocycles. The highest BCUT2D eigenvalue weighted by Gasteiger charge is 2.21. The van der Waals surface area contributed by atoms with Gasteiger partial charge in [0, 0.05) is 59.0 Å². The van der Waals surface area contributed by atoms with Crippen LogP contribution in [0, 0.1) is 10.1 Å². The molecule has 0 aliphatic rings. The number of hydrogen-bond acceptors (Lipinski definition) is 7. The minimum atomic E-state index is -0.498. The van der Waals surface area contributed by atoms with Gasteiger partial charge in [-0.1, -0.05) is 78.1 Å². The van der Waals surface area contributed by atoms with Crippen LogP contribution in [0.15, 0.2) is 97.1 Å². The highest BCUT2D eigenvalue weighted by molar-refractivity contribution is 6.09. The van der Waals surface area contributed by atoms with Gasteiger partial charge >= 0.3 is 5.97 Å². The van der Waals surface area contributed by atoms with Gasteiger partial charge < -0.3 is 19.9 Å². The van der Waals surface area contributed by atoms with Crippen LogP contribution in [-0.4, -0.2) is 48.8 Å². The van der Waals surface area contributed by atoms with Crippen LogP contribution in [0.1, 0.15) is 132 Å². The lowest BCUT2D eigenvalue weighted by atomic mass is 10.1. The van der Waals surface area contributed by atoms with Crippen LogP contribution < -0.4 is 15.1 Å². The molecule has 0 aliphatic carbocycles. The second-order valence-corrected chi connectivity index (χ2v) is 13.9. The minimum Gasteiger partial charge on any atom is -0.465 e. The number of rotatable bonds is 22. The first-order chi connectivity index (χ1) is 27.2. The average Bonchev–Trinajstić information content (AvgIpc) is 3.23. The van der Waals surface area contributed by atoms with Crippen LogP contribution in [0.3, 0.4) is 0 Å². The van der Waals surface area contributed by atoms with Crippen molar-refractivity contribution in [2.45, 2.75) is 90.9 Å². The van der Waals surface area contributed by atoms with E-state index >= 15 is 0 Å². The number of nitro groups is 1. The first-order valence-electron chi connectivity index (χ1n) is 19.7. The molecule has 0 saturated carbocycles. The van der Waals surface area contributed by atoms with E-state index in [0.29, 0.717) is 52.4 Å². The Balaban J connectivity index is 1.44. The number of nitro benzene ring substituents is 1. The summed E-state index contributed by atoms with van der Waals surface area (Å²) in [6, 6.07) is 25.9. The van der Waals surface area contributed by atoms with Crippen molar-refractivity contribution in [3.05, 3.63) is 129 Å². The van der Waals surface area contributed by atoms with Crippen molar-refractivity contribution < 1.29 is 28.8 Å². The maximum absolute atomic E-state index is 13.8. The molecule has 0 bridgehead atoms. The van der Waals surface area contributed by atoms with Gasteiger partial charge in [0.1, 0.15) is 0 Å². The Morgan fingerprint density at radius 1 is 0.554 bits per heavy atom. The molecule has 296 valence electrons. The zero-order valence-electron chi connectivity index (χ0n) is 32.8. The van der Waals surface area contributed by atoms with E-state index in [1.54, 1.807) is 82.6 Å². The Hall–Kier alpha value is -5.84. The van der Waals surface area contributed by atoms with Crippen molar-refractivity contribution in [2.75, 3.05) is 35.3 Å². The molecular formula is C45H54N4O7. The normalized spacial score (nSPS) is 10.8. The third-order valence-corrected chi connectivity index (χ3v) is 9.72. The number of nitrogens with zero attached hydrogens (tertiary/aromatic N) is 3. The molecule has 0 fully saturated rings. The number of non-ortho nitro benzene ring substituents is 1. The fraction of sp³-hybridized carbons (Fsp3) is 0.378. The number of unbranched alkanes of at least 4 members (excludes halogenated alkanes) is 10. The molecule has 4 aromatic rings. The molecule has 0 atom stereocenters. The molecule has 0 aliphatic heterocycles. The zero-order chi connectivity index (χ0) is 40.3. The predicted octanol–water partition coefficient (Wildman–Crippen LogP) is 10.6. The molecule has 3 amide bonds. The Morgan fingerprint density at radius 2 is 0.946 bits per heavy atom. The standard InChI is InChI=1S/C45H54N4O7/c1-4-6-8-10-12-14-32-47(44(52)36-20-30-41(31-21-36)49(54)55)39-26-18-34(19-27-39)42(50)46-38-24-16-35(17-25-38)43(51)48(33-15-13-11-9-7-5-2)40-28-22-37(23-29-40)45(53)56-3/h16-31H,4-15,32-33H2,1-3H3,(H,46,50). The number of ether oxygens (including phenoxy) is 1. The SMILES string of the molecule is CCCCCCCCN(C(=O)c1ccc([N+](=O)[O-])cc1)c1ccc(C(=O)Nc2ccc(C(=O)N(CCCCCCCC)c3ccc(C(=O)OC)cc3)cc2)cc1.